The van der Waals surface area contributed by atoms with Gasteiger partial charge in [-0.05, 0) is 10.1 Å². The molecule has 0 aromatic carbocycles. The molecular formula is C2H4O6. The Morgan fingerprint density at radius 3 is 1.50 bits per heavy atom. The molecule has 0 spiro atoms. The molecule has 0 aliphatic rings. The maximum absolute atomic E-state index is 7.43. The first-order valence-corrected chi connectivity index (χ1v) is 1.50. The summed E-state index contributed by atoms with van der Waals surface area (Å²) in [7, 11) is 0. The van der Waals surface area contributed by atoms with E-state index in [2.05, 4.69) is 19.9 Å². The molecule has 0 atom stereocenters. The number of hydrogen-bond donors (Lipinski definition) is 2. The summed E-state index contributed by atoms with van der Waals surface area (Å²) >= 11 is 0. The zero-order valence-electron chi connectivity index (χ0n) is 3.68. The molecule has 8 heavy (non-hydrogen) atoms. The Balaban J connectivity index is 2.83. The van der Waals surface area contributed by atoms with Gasteiger partial charge < -0.3 is 9.78 Å². The molecule has 0 heterocycles. The molecule has 0 aromatic rings. The van der Waals surface area contributed by atoms with Crippen molar-refractivity contribution in [2.45, 2.75) is 0 Å². The predicted molar refractivity (Wildman–Crippen MR) is 18.7 cm³/mol. The summed E-state index contributed by atoms with van der Waals surface area (Å²) in [6.45, 7) is 0. The summed E-state index contributed by atoms with van der Waals surface area (Å²) in [6.07, 6.45) is 1.58. The molecule has 2 N–H and O–H groups in total. The fourth-order valence-electron chi connectivity index (χ4n) is 0.0951. The molecule has 6 heteroatoms. The highest BCUT2D eigenvalue weighted by Gasteiger charge is 1.72. The van der Waals surface area contributed by atoms with E-state index in [4.69, 9.17) is 10.5 Å². The van der Waals surface area contributed by atoms with Crippen molar-refractivity contribution in [2.24, 2.45) is 0 Å². The van der Waals surface area contributed by atoms with Crippen molar-refractivity contribution in [3.8, 4) is 0 Å². The normalized spacial score (nSPS) is 9.75. The van der Waals surface area contributed by atoms with Crippen LogP contribution in [0.25, 0.3) is 0 Å². The third-order valence-electron chi connectivity index (χ3n) is 0.253. The van der Waals surface area contributed by atoms with E-state index >= 15 is 0 Å². The highest BCUT2D eigenvalue weighted by Crippen LogP contribution is 1.78. The first-order valence-electron chi connectivity index (χ1n) is 1.50. The van der Waals surface area contributed by atoms with Crippen LogP contribution in [0, 0.1) is 0 Å². The van der Waals surface area contributed by atoms with Crippen molar-refractivity contribution in [1.82, 2.24) is 0 Å². The topological polar surface area (TPSA) is 77.4 Å². The third-order valence-corrected chi connectivity index (χ3v) is 0.253. The van der Waals surface area contributed by atoms with Gasteiger partial charge in [0, 0.05) is 0 Å². The van der Waals surface area contributed by atoms with Gasteiger partial charge in [0.1, 0.15) is 0 Å². The number of hydrogen-bond acceptors (Lipinski definition) is 6. The van der Waals surface area contributed by atoms with Gasteiger partial charge in [-0.15, -0.1) is 0 Å². The molecule has 0 saturated heterocycles. The van der Waals surface area contributed by atoms with Gasteiger partial charge in [-0.25, -0.2) is 10.5 Å². The summed E-state index contributed by atoms with van der Waals surface area (Å²) < 4.78 is 0. The van der Waals surface area contributed by atoms with Crippen LogP contribution in [-0.4, -0.2) is 10.5 Å². The Bertz CT molecular complexity index is 51.5. The molecule has 0 saturated carbocycles. The van der Waals surface area contributed by atoms with Gasteiger partial charge in [-0.2, -0.15) is 0 Å². The second-order valence-corrected chi connectivity index (χ2v) is 0.614. The fourth-order valence-corrected chi connectivity index (χ4v) is 0.0951. The molecule has 0 amide bonds. The Hall–Kier alpha value is -0.820. The summed E-state index contributed by atoms with van der Waals surface area (Å²) in [4.78, 5) is 7.39. The first kappa shape index (κ1) is 7.18. The monoisotopic (exact) mass is 124 g/mol. The Morgan fingerprint density at radius 1 is 0.875 bits per heavy atom. The van der Waals surface area contributed by atoms with Gasteiger partial charge in [-0.3, -0.25) is 0 Å². The zero-order valence-corrected chi connectivity index (χ0v) is 3.68. The van der Waals surface area contributed by atoms with E-state index in [1.54, 1.807) is 0 Å². The Labute approximate surface area is 44.2 Å². The van der Waals surface area contributed by atoms with Crippen molar-refractivity contribution in [3.63, 3.8) is 0 Å². The van der Waals surface area contributed by atoms with E-state index in [9.17, 15) is 0 Å². The van der Waals surface area contributed by atoms with E-state index < -0.39 is 0 Å². The lowest BCUT2D eigenvalue weighted by atomic mass is 11.1. The summed E-state index contributed by atoms with van der Waals surface area (Å²) in [5, 5.41) is 21.0. The van der Waals surface area contributed by atoms with Gasteiger partial charge in [0.15, 0.2) is 12.5 Å². The van der Waals surface area contributed by atoms with Gasteiger partial charge in [0.05, 0.1) is 0 Å². The van der Waals surface area contributed by atoms with Gasteiger partial charge >= 0.3 is 0 Å². The molecule has 0 rings (SSSR count). The number of rotatable bonds is 4. The average molecular weight is 124 g/mol. The van der Waals surface area contributed by atoms with E-state index in [-0.39, 0.29) is 0 Å². The van der Waals surface area contributed by atoms with Crippen LogP contribution in [0.15, 0.2) is 12.5 Å². The van der Waals surface area contributed by atoms with Gasteiger partial charge in [-0.1, -0.05) is 0 Å². The SMILES string of the molecule is OOOC=COOO. The van der Waals surface area contributed by atoms with Crippen LogP contribution < -0.4 is 0 Å². The van der Waals surface area contributed by atoms with E-state index in [0.29, 0.717) is 0 Å². The van der Waals surface area contributed by atoms with Crippen molar-refractivity contribution in [2.75, 3.05) is 0 Å². The van der Waals surface area contributed by atoms with Crippen LogP contribution in [-0.2, 0) is 19.9 Å². The lowest BCUT2D eigenvalue weighted by molar-refractivity contribution is -0.477. The standard InChI is InChI=1S/C2H4O6/c3-7-5-1-2-6-8-4/h1-4H. The van der Waals surface area contributed by atoms with Crippen LogP contribution in [0.5, 0.6) is 0 Å². The minimum atomic E-state index is 0.788. The minimum absolute atomic E-state index is 0.788. The zero-order chi connectivity index (χ0) is 6.24. The second-order valence-electron chi connectivity index (χ2n) is 0.614. The molecule has 0 aliphatic heterocycles. The van der Waals surface area contributed by atoms with Gasteiger partial charge in [0.25, 0.3) is 0 Å². The Kier molecular flexibility index (Phi) is 5.55. The first-order chi connectivity index (χ1) is 3.91. The van der Waals surface area contributed by atoms with Crippen molar-refractivity contribution in [3.05, 3.63) is 12.5 Å². The van der Waals surface area contributed by atoms with E-state index in [1.165, 1.54) is 0 Å². The molecule has 0 radical (unpaired) electrons. The summed E-state index contributed by atoms with van der Waals surface area (Å²) in [5.74, 6) is 0. The third kappa shape index (κ3) is 5.18. The molecule has 0 unspecified atom stereocenters. The van der Waals surface area contributed by atoms with Crippen LogP contribution >= 0.6 is 0 Å². The van der Waals surface area contributed by atoms with Crippen molar-refractivity contribution >= 4 is 0 Å². The van der Waals surface area contributed by atoms with Crippen LogP contribution in [0.1, 0.15) is 0 Å². The smallest absolute Gasteiger partial charge is 0.171 e. The molecule has 0 bridgehead atoms. The van der Waals surface area contributed by atoms with Crippen LogP contribution in [0.3, 0.4) is 0 Å². The average Bonchev–Trinajstić information content (AvgIpc) is 1.81. The second kappa shape index (κ2) is 6.18. The molecule has 0 fully saturated rings. The molecule has 48 valence electrons. The minimum Gasteiger partial charge on any atom is -0.313 e. The summed E-state index contributed by atoms with van der Waals surface area (Å²) in [6, 6.07) is 0. The lowest BCUT2D eigenvalue weighted by Gasteiger charge is -1.87. The maximum Gasteiger partial charge on any atom is 0.171 e. The molecule has 0 aromatic heterocycles. The quantitative estimate of drug-likeness (QED) is 0.319. The molecule has 0 aliphatic carbocycles. The van der Waals surface area contributed by atoms with Crippen LogP contribution in [0.2, 0.25) is 0 Å². The highest BCUT2D eigenvalue weighted by atomic mass is 17.5. The van der Waals surface area contributed by atoms with E-state index in [1.807, 2.05) is 0 Å². The Morgan fingerprint density at radius 2 is 1.25 bits per heavy atom. The van der Waals surface area contributed by atoms with E-state index in [0.717, 1.165) is 12.5 Å². The predicted octanol–water partition coefficient (Wildman–Crippen LogP) is 0.300. The highest BCUT2D eigenvalue weighted by molar-refractivity contribution is 4.54. The van der Waals surface area contributed by atoms with Crippen LogP contribution in [0.4, 0.5) is 0 Å². The van der Waals surface area contributed by atoms with Crippen molar-refractivity contribution < 1.29 is 30.4 Å². The maximum atomic E-state index is 7.43. The largest absolute Gasteiger partial charge is 0.313 e. The van der Waals surface area contributed by atoms with Gasteiger partial charge in [0.2, 0.25) is 0 Å². The van der Waals surface area contributed by atoms with Crippen molar-refractivity contribution in [1.29, 1.82) is 0 Å². The summed E-state index contributed by atoms with van der Waals surface area (Å²) in [5.41, 5.74) is 0. The fraction of sp³-hybridized carbons (Fsp3) is 0. The molecule has 6 nitrogen and oxygen atoms in total. The lowest BCUT2D eigenvalue weighted by Crippen LogP contribution is -1.80. The molecular weight excluding hydrogens is 120 g/mol.